The first kappa shape index (κ1) is 13.5. The number of fused-ring (bicyclic) bond motifs is 1. The van der Waals surface area contributed by atoms with Gasteiger partial charge in [-0.2, -0.15) is 14.9 Å². The van der Waals surface area contributed by atoms with Crippen LogP contribution in [0.25, 0.3) is 26.8 Å². The Morgan fingerprint density at radius 3 is 2.48 bits per heavy atom. The molecular weight excluding hydrogens is 313 g/mol. The van der Waals surface area contributed by atoms with E-state index in [4.69, 9.17) is 0 Å². The van der Waals surface area contributed by atoms with Crippen LogP contribution in [0.2, 0.25) is 0 Å². The quantitative estimate of drug-likeness (QED) is 0.566. The second kappa shape index (κ2) is 5.26. The fraction of sp³-hybridized carbons (Fsp3) is 0. The largest absolute Gasteiger partial charge is 0.265 e. The standard InChI is InChI=1S/C16H8FN5S/c17-12-3-1-11(2-4-12)15-21-22-13(9-18)14(20-16(22)23-15)10-5-7-19-8-6-10/h1-8H. The molecule has 0 unspecified atom stereocenters. The molecule has 0 aliphatic heterocycles. The lowest BCUT2D eigenvalue weighted by Crippen LogP contribution is -1.91. The lowest BCUT2D eigenvalue weighted by Gasteiger charge is -1.97. The maximum absolute atomic E-state index is 13.0. The van der Waals surface area contributed by atoms with Crippen molar-refractivity contribution >= 4 is 16.3 Å². The smallest absolute Gasteiger partial charge is 0.214 e. The van der Waals surface area contributed by atoms with E-state index in [2.05, 4.69) is 21.1 Å². The summed E-state index contributed by atoms with van der Waals surface area (Å²) in [5.74, 6) is -0.298. The van der Waals surface area contributed by atoms with Gasteiger partial charge in [0.15, 0.2) is 5.69 Å². The van der Waals surface area contributed by atoms with Gasteiger partial charge in [0.2, 0.25) is 4.96 Å². The lowest BCUT2D eigenvalue weighted by atomic mass is 10.2. The Morgan fingerprint density at radius 1 is 1.04 bits per heavy atom. The van der Waals surface area contributed by atoms with Crippen molar-refractivity contribution in [3.63, 3.8) is 0 Å². The minimum Gasteiger partial charge on any atom is -0.265 e. The van der Waals surface area contributed by atoms with Gasteiger partial charge in [0.05, 0.1) is 0 Å². The van der Waals surface area contributed by atoms with Crippen molar-refractivity contribution in [2.45, 2.75) is 0 Å². The van der Waals surface area contributed by atoms with Gasteiger partial charge in [0.25, 0.3) is 0 Å². The Kier molecular flexibility index (Phi) is 3.10. The third-order valence-electron chi connectivity index (χ3n) is 3.35. The maximum Gasteiger partial charge on any atom is 0.214 e. The van der Waals surface area contributed by atoms with Gasteiger partial charge in [-0.25, -0.2) is 9.37 Å². The molecule has 1 aromatic carbocycles. The van der Waals surface area contributed by atoms with Crippen LogP contribution in [0.5, 0.6) is 0 Å². The van der Waals surface area contributed by atoms with E-state index in [0.29, 0.717) is 21.4 Å². The molecule has 0 saturated carbocycles. The van der Waals surface area contributed by atoms with Gasteiger partial charge in [-0.1, -0.05) is 11.3 Å². The van der Waals surface area contributed by atoms with Crippen LogP contribution in [0, 0.1) is 17.1 Å². The Labute approximate surface area is 134 Å². The molecule has 7 heteroatoms. The summed E-state index contributed by atoms with van der Waals surface area (Å²) in [6.07, 6.45) is 3.31. The summed E-state index contributed by atoms with van der Waals surface area (Å²) in [7, 11) is 0. The van der Waals surface area contributed by atoms with Gasteiger partial charge in [-0.05, 0) is 36.4 Å². The molecule has 0 aliphatic rings. The van der Waals surface area contributed by atoms with Crippen LogP contribution in [0.15, 0.2) is 48.8 Å². The number of nitriles is 1. The van der Waals surface area contributed by atoms with E-state index < -0.39 is 0 Å². The van der Waals surface area contributed by atoms with E-state index in [9.17, 15) is 9.65 Å². The van der Waals surface area contributed by atoms with Gasteiger partial charge >= 0.3 is 0 Å². The van der Waals surface area contributed by atoms with Crippen LogP contribution in [0.1, 0.15) is 5.69 Å². The summed E-state index contributed by atoms with van der Waals surface area (Å²) in [5.41, 5.74) is 2.56. The molecule has 0 radical (unpaired) electrons. The maximum atomic E-state index is 13.0. The molecule has 3 aromatic heterocycles. The summed E-state index contributed by atoms with van der Waals surface area (Å²) >= 11 is 1.35. The molecule has 0 fully saturated rings. The van der Waals surface area contributed by atoms with E-state index in [1.54, 1.807) is 36.7 Å². The van der Waals surface area contributed by atoms with Crippen LogP contribution >= 0.6 is 11.3 Å². The second-order valence-electron chi connectivity index (χ2n) is 4.77. The highest BCUT2D eigenvalue weighted by Crippen LogP contribution is 2.30. The van der Waals surface area contributed by atoms with Crippen molar-refractivity contribution in [1.29, 1.82) is 5.26 Å². The first-order valence-electron chi connectivity index (χ1n) is 6.72. The fourth-order valence-corrected chi connectivity index (χ4v) is 3.17. The molecule has 0 atom stereocenters. The van der Waals surface area contributed by atoms with Crippen LogP contribution in [-0.4, -0.2) is 19.6 Å². The molecule has 0 bridgehead atoms. The molecular formula is C16H8FN5S. The molecule has 3 heterocycles. The number of imidazole rings is 1. The number of benzene rings is 1. The number of pyridine rings is 1. The third kappa shape index (κ3) is 2.25. The first-order chi connectivity index (χ1) is 11.3. The Hall–Kier alpha value is -3.11. The molecule has 23 heavy (non-hydrogen) atoms. The van der Waals surface area contributed by atoms with Crippen molar-refractivity contribution in [3.8, 4) is 27.9 Å². The summed E-state index contributed by atoms with van der Waals surface area (Å²) in [5, 5.41) is 14.6. The Bertz CT molecular complexity index is 1030. The SMILES string of the molecule is N#Cc1c(-c2ccncc2)nc2sc(-c3ccc(F)cc3)nn12. The highest BCUT2D eigenvalue weighted by Gasteiger charge is 2.18. The molecule has 110 valence electrons. The minimum absolute atomic E-state index is 0.298. The minimum atomic E-state index is -0.298. The van der Waals surface area contributed by atoms with E-state index in [-0.39, 0.29) is 5.82 Å². The van der Waals surface area contributed by atoms with Crippen LogP contribution in [-0.2, 0) is 0 Å². The van der Waals surface area contributed by atoms with Crippen molar-refractivity contribution in [2.75, 3.05) is 0 Å². The zero-order valence-electron chi connectivity index (χ0n) is 11.6. The lowest BCUT2D eigenvalue weighted by molar-refractivity contribution is 0.628. The average Bonchev–Trinajstić information content (AvgIpc) is 3.13. The highest BCUT2D eigenvalue weighted by molar-refractivity contribution is 7.19. The van der Waals surface area contributed by atoms with Crippen molar-refractivity contribution in [2.24, 2.45) is 0 Å². The van der Waals surface area contributed by atoms with Crippen LogP contribution in [0.3, 0.4) is 0 Å². The fourth-order valence-electron chi connectivity index (χ4n) is 2.27. The van der Waals surface area contributed by atoms with Gasteiger partial charge < -0.3 is 0 Å². The molecule has 0 N–H and O–H groups in total. The Morgan fingerprint density at radius 2 is 1.78 bits per heavy atom. The molecule has 0 spiro atoms. The number of halogens is 1. The summed E-state index contributed by atoms with van der Waals surface area (Å²) in [6.45, 7) is 0. The normalized spacial score (nSPS) is 10.8. The van der Waals surface area contributed by atoms with Crippen molar-refractivity contribution < 1.29 is 4.39 Å². The van der Waals surface area contributed by atoms with Gasteiger partial charge in [-0.15, -0.1) is 0 Å². The second-order valence-corrected chi connectivity index (χ2v) is 5.72. The summed E-state index contributed by atoms with van der Waals surface area (Å²) < 4.78 is 14.6. The number of hydrogen-bond donors (Lipinski definition) is 0. The molecule has 5 nitrogen and oxygen atoms in total. The molecule has 0 saturated heterocycles. The number of aromatic nitrogens is 4. The van der Waals surface area contributed by atoms with Gasteiger partial charge in [0.1, 0.15) is 22.6 Å². The van der Waals surface area contributed by atoms with E-state index in [0.717, 1.165) is 11.1 Å². The van der Waals surface area contributed by atoms with E-state index in [1.807, 2.05) is 0 Å². The number of nitrogens with zero attached hydrogens (tertiary/aromatic N) is 5. The van der Waals surface area contributed by atoms with Crippen LogP contribution in [0.4, 0.5) is 4.39 Å². The van der Waals surface area contributed by atoms with Gasteiger partial charge in [0, 0.05) is 23.5 Å². The monoisotopic (exact) mass is 321 g/mol. The van der Waals surface area contributed by atoms with E-state index in [1.165, 1.54) is 28.0 Å². The summed E-state index contributed by atoms with van der Waals surface area (Å²) in [4.78, 5) is 9.10. The van der Waals surface area contributed by atoms with E-state index >= 15 is 0 Å². The van der Waals surface area contributed by atoms with Crippen molar-refractivity contribution in [3.05, 3.63) is 60.3 Å². The zero-order chi connectivity index (χ0) is 15.8. The third-order valence-corrected chi connectivity index (χ3v) is 4.31. The average molecular weight is 321 g/mol. The first-order valence-corrected chi connectivity index (χ1v) is 7.54. The number of hydrogen-bond acceptors (Lipinski definition) is 5. The Balaban J connectivity index is 1.87. The molecule has 0 aliphatic carbocycles. The highest BCUT2D eigenvalue weighted by atomic mass is 32.1. The van der Waals surface area contributed by atoms with Gasteiger partial charge in [-0.3, -0.25) is 4.98 Å². The zero-order valence-corrected chi connectivity index (χ0v) is 12.5. The molecule has 0 amide bonds. The predicted molar refractivity (Wildman–Crippen MR) is 84.2 cm³/mol. The summed E-state index contributed by atoms with van der Waals surface area (Å²) in [6, 6.07) is 11.8. The predicted octanol–water partition coefficient (Wildman–Crippen LogP) is 3.53. The molecule has 4 rings (SSSR count). The van der Waals surface area contributed by atoms with Crippen LogP contribution < -0.4 is 0 Å². The number of rotatable bonds is 2. The topological polar surface area (TPSA) is 66.9 Å². The van der Waals surface area contributed by atoms with Crippen molar-refractivity contribution in [1.82, 2.24) is 19.6 Å². The molecule has 4 aromatic rings.